The number of anilines is 3. The van der Waals surface area contributed by atoms with Crippen LogP contribution in [0.25, 0.3) is 0 Å². The van der Waals surface area contributed by atoms with Crippen LogP contribution < -0.4 is 15.0 Å². The molecule has 3 aromatic rings. The van der Waals surface area contributed by atoms with Crippen LogP contribution in [-0.4, -0.2) is 35.1 Å². The van der Waals surface area contributed by atoms with Gasteiger partial charge in [-0.1, -0.05) is 42.0 Å². The number of carbonyl (C=O) groups is 4. The average Bonchev–Trinajstić information content (AvgIpc) is 3.30. The maximum Gasteiger partial charge on any atom is 0.238 e. The summed E-state index contributed by atoms with van der Waals surface area (Å²) < 4.78 is 5.66. The van der Waals surface area contributed by atoms with Gasteiger partial charge in [-0.05, 0) is 81.1 Å². The van der Waals surface area contributed by atoms with Crippen LogP contribution in [0, 0.1) is 17.8 Å². The zero-order valence-corrected chi connectivity index (χ0v) is 24.9. The molecule has 0 spiro atoms. The van der Waals surface area contributed by atoms with Gasteiger partial charge in [0.2, 0.25) is 11.8 Å². The number of aromatic hydroxyl groups is 1. The van der Waals surface area contributed by atoms with E-state index in [-0.39, 0.29) is 41.3 Å². The fourth-order valence-corrected chi connectivity index (χ4v) is 7.40. The van der Waals surface area contributed by atoms with Crippen LogP contribution >= 0.6 is 0 Å². The Morgan fingerprint density at radius 2 is 1.62 bits per heavy atom. The number of hydrogen-bond donors (Lipinski definition) is 2. The largest absolute Gasteiger partial charge is 0.504 e. The van der Waals surface area contributed by atoms with Crippen molar-refractivity contribution in [2.45, 2.75) is 32.6 Å². The highest BCUT2D eigenvalue weighted by atomic mass is 16.5. The third-order valence-electron chi connectivity index (χ3n) is 9.39. The molecule has 7 rings (SSSR count). The number of nitrogens with one attached hydrogen (secondary N) is 1. The Labute approximate surface area is 260 Å². The number of nitrogens with zero attached hydrogens (tertiary/aromatic N) is 1. The number of para-hydroxylation sites is 2. The van der Waals surface area contributed by atoms with Crippen molar-refractivity contribution in [3.8, 4) is 11.5 Å². The minimum atomic E-state index is -0.750. The van der Waals surface area contributed by atoms with Crippen molar-refractivity contribution in [1.82, 2.24) is 0 Å². The fraction of sp³-hybridized carbons (Fsp3) is 0.243. The lowest BCUT2D eigenvalue weighted by atomic mass is 9.59. The number of phenols is 1. The summed E-state index contributed by atoms with van der Waals surface area (Å²) in [5, 5.41) is 14.6. The van der Waals surface area contributed by atoms with E-state index in [9.17, 15) is 24.3 Å². The second kappa shape index (κ2) is 11.0. The zero-order chi connectivity index (χ0) is 31.4. The van der Waals surface area contributed by atoms with Crippen molar-refractivity contribution in [2.24, 2.45) is 17.8 Å². The van der Waals surface area contributed by atoms with E-state index < -0.39 is 23.7 Å². The summed E-state index contributed by atoms with van der Waals surface area (Å²) in [7, 11) is 0. The van der Waals surface area contributed by atoms with Gasteiger partial charge in [0.1, 0.15) is 0 Å². The molecule has 8 heteroatoms. The Kier molecular flexibility index (Phi) is 7.00. The van der Waals surface area contributed by atoms with Crippen molar-refractivity contribution < 1.29 is 29.0 Å². The summed E-state index contributed by atoms with van der Waals surface area (Å²) in [5.41, 5.74) is 4.45. The molecular weight excluding hydrogens is 568 g/mol. The molecule has 0 aromatic heterocycles. The highest BCUT2D eigenvalue weighted by Crippen LogP contribution is 2.57. The Morgan fingerprint density at radius 1 is 0.889 bits per heavy atom. The number of imide groups is 1. The molecule has 45 heavy (non-hydrogen) atoms. The van der Waals surface area contributed by atoms with E-state index in [0.29, 0.717) is 41.0 Å². The van der Waals surface area contributed by atoms with Gasteiger partial charge in [-0.25, -0.2) is 0 Å². The van der Waals surface area contributed by atoms with Crippen LogP contribution in [0.2, 0.25) is 0 Å². The number of Topliss-reactive ketones (excluding diaryl/α,β-unsaturated/α-hetero) is 1. The molecule has 1 fully saturated rings. The lowest BCUT2D eigenvalue weighted by Gasteiger charge is -2.42. The molecular formula is C37H32N2O6. The number of fused-ring (bicyclic) bond motifs is 3. The second-order valence-corrected chi connectivity index (χ2v) is 11.9. The number of ketones is 2. The van der Waals surface area contributed by atoms with Gasteiger partial charge in [-0.2, -0.15) is 0 Å². The summed E-state index contributed by atoms with van der Waals surface area (Å²) >= 11 is 0. The normalized spacial score (nSPS) is 24.1. The highest BCUT2D eigenvalue weighted by Gasteiger charge is 2.56. The smallest absolute Gasteiger partial charge is 0.238 e. The van der Waals surface area contributed by atoms with Crippen molar-refractivity contribution in [1.29, 1.82) is 0 Å². The van der Waals surface area contributed by atoms with Crippen LogP contribution in [0.3, 0.4) is 0 Å². The van der Waals surface area contributed by atoms with Gasteiger partial charge in [0.05, 0.1) is 24.1 Å². The third kappa shape index (κ3) is 4.60. The lowest BCUT2D eigenvalue weighted by Crippen LogP contribution is -2.39. The van der Waals surface area contributed by atoms with Gasteiger partial charge in [0.25, 0.3) is 0 Å². The van der Waals surface area contributed by atoms with Gasteiger partial charge in [-0.3, -0.25) is 24.1 Å². The Balaban J connectivity index is 1.26. The molecule has 4 aliphatic rings. The van der Waals surface area contributed by atoms with E-state index in [1.807, 2.05) is 55.5 Å². The van der Waals surface area contributed by atoms with E-state index in [1.165, 1.54) is 11.0 Å². The molecule has 1 heterocycles. The molecule has 2 N–H and O–H groups in total. The van der Waals surface area contributed by atoms with Gasteiger partial charge in [-0.15, -0.1) is 0 Å². The van der Waals surface area contributed by atoms with E-state index in [0.717, 1.165) is 16.9 Å². The molecule has 0 bridgehead atoms. The summed E-state index contributed by atoms with van der Waals surface area (Å²) in [6, 6.07) is 22.0. The summed E-state index contributed by atoms with van der Waals surface area (Å²) in [6.07, 6.45) is 3.78. The Bertz CT molecular complexity index is 1850. The first-order valence-corrected chi connectivity index (χ1v) is 15.2. The molecule has 0 radical (unpaired) electrons. The molecule has 0 saturated carbocycles. The average molecular weight is 601 g/mol. The predicted octanol–water partition coefficient (Wildman–Crippen LogP) is 6.17. The first-order chi connectivity index (χ1) is 21.8. The monoisotopic (exact) mass is 600 g/mol. The van der Waals surface area contributed by atoms with Gasteiger partial charge in [0.15, 0.2) is 23.1 Å². The maximum absolute atomic E-state index is 14.2. The van der Waals surface area contributed by atoms with Crippen molar-refractivity contribution in [2.75, 3.05) is 16.8 Å². The van der Waals surface area contributed by atoms with Gasteiger partial charge >= 0.3 is 0 Å². The molecule has 3 aromatic carbocycles. The summed E-state index contributed by atoms with van der Waals surface area (Å²) in [5.74, 6) is -3.49. The number of benzene rings is 3. The number of phenolic OH excluding ortho intramolecular Hbond substituents is 1. The number of ether oxygens (including phenoxy) is 1. The Hall–Kier alpha value is -5.24. The molecule has 2 amide bonds. The quantitative estimate of drug-likeness (QED) is 0.198. The predicted molar refractivity (Wildman–Crippen MR) is 169 cm³/mol. The molecule has 3 aliphatic carbocycles. The van der Waals surface area contributed by atoms with Crippen LogP contribution in [0.4, 0.5) is 17.1 Å². The summed E-state index contributed by atoms with van der Waals surface area (Å²) in [4.78, 5) is 56.4. The van der Waals surface area contributed by atoms with E-state index >= 15 is 0 Å². The first-order valence-electron chi connectivity index (χ1n) is 15.2. The molecule has 0 unspecified atom stereocenters. The number of allylic oxidation sites excluding steroid dienone is 6. The Morgan fingerprint density at radius 3 is 2.36 bits per heavy atom. The van der Waals surface area contributed by atoms with Crippen molar-refractivity contribution in [3.05, 3.63) is 113 Å². The van der Waals surface area contributed by atoms with E-state index in [4.69, 9.17) is 4.74 Å². The molecule has 4 atom stereocenters. The van der Waals surface area contributed by atoms with Gasteiger partial charge in [0, 0.05) is 39.6 Å². The second-order valence-electron chi connectivity index (χ2n) is 11.9. The van der Waals surface area contributed by atoms with Crippen molar-refractivity contribution in [3.63, 3.8) is 0 Å². The van der Waals surface area contributed by atoms with Crippen LogP contribution in [0.1, 0.15) is 38.2 Å². The van der Waals surface area contributed by atoms with E-state index in [2.05, 4.69) is 5.32 Å². The van der Waals surface area contributed by atoms with Crippen LogP contribution in [-0.2, 0) is 19.2 Å². The minimum Gasteiger partial charge on any atom is -0.504 e. The first kappa shape index (κ1) is 28.5. The maximum atomic E-state index is 14.2. The van der Waals surface area contributed by atoms with Crippen molar-refractivity contribution >= 4 is 40.4 Å². The lowest BCUT2D eigenvalue weighted by molar-refractivity contribution is -0.123. The number of amides is 2. The van der Waals surface area contributed by atoms with E-state index in [1.54, 1.807) is 37.3 Å². The molecule has 8 nitrogen and oxygen atoms in total. The topological polar surface area (TPSA) is 113 Å². The minimum absolute atomic E-state index is 0.105. The third-order valence-corrected chi connectivity index (χ3v) is 9.39. The number of rotatable bonds is 6. The summed E-state index contributed by atoms with van der Waals surface area (Å²) in [6.45, 7) is 3.76. The molecule has 1 aliphatic heterocycles. The zero-order valence-electron chi connectivity index (χ0n) is 24.9. The SMILES string of the molecule is CCOc1cccc([C@H]2C3=CC[C@@H]4C(=O)N(c5ccc(Nc6ccccc6)cc5)C(=O)[C@@H]4[C@@H]3CC3=C2C(=O)C(C)=CC3=O)c1O. The fourth-order valence-electron chi connectivity index (χ4n) is 7.40. The molecule has 1 saturated heterocycles. The number of carbonyl (C=O) groups excluding carboxylic acids is 4. The number of hydrogen-bond acceptors (Lipinski definition) is 7. The van der Waals surface area contributed by atoms with Crippen LogP contribution in [0.5, 0.6) is 11.5 Å². The van der Waals surface area contributed by atoms with Gasteiger partial charge < -0.3 is 15.2 Å². The standard InChI is InChI=1S/C37H32N2O6/c1-3-45-30-11-7-10-25(35(30)42)31-24-16-17-26-32(27(24)19-28-29(40)18-20(2)34(41)33(28)31)37(44)39(36(26)43)23-14-12-22(13-15-23)38-21-8-5-4-6-9-21/h4-16,18,26-27,31-32,38,42H,3,17,19H2,1-2H3/t26-,27+,31+,32-/m0/s1. The highest BCUT2D eigenvalue weighted by molar-refractivity contribution is 6.25. The van der Waals surface area contributed by atoms with Crippen LogP contribution in [0.15, 0.2) is 107 Å². The molecule has 226 valence electrons.